The molecule has 0 saturated carbocycles. The third-order valence-corrected chi connectivity index (χ3v) is 1.26. The number of anilines is 1. The first-order valence-corrected chi connectivity index (χ1v) is 3.44. The van der Waals surface area contributed by atoms with Crippen LogP contribution in [0.4, 0.5) is 23.2 Å². The summed E-state index contributed by atoms with van der Waals surface area (Å²) in [4.78, 5) is 8.36. The number of nitrogens with two attached hydrogens (primary N) is 1. The summed E-state index contributed by atoms with van der Waals surface area (Å²) >= 11 is 0. The van der Waals surface area contributed by atoms with Gasteiger partial charge in [0.05, 0.1) is 0 Å². The molecule has 0 aliphatic rings. The highest BCUT2D eigenvalue weighted by Gasteiger charge is 2.17. The van der Waals surface area contributed by atoms with E-state index in [-0.39, 0.29) is 6.07 Å². The lowest BCUT2D eigenvalue weighted by atomic mass is 10.2. The van der Waals surface area contributed by atoms with Crippen LogP contribution in [0.2, 0.25) is 0 Å². The molecule has 6 nitrogen and oxygen atoms in total. The van der Waals surface area contributed by atoms with Crippen LogP contribution in [0.3, 0.4) is 0 Å². The van der Waals surface area contributed by atoms with Crippen molar-refractivity contribution in [2.75, 3.05) is 5.43 Å². The predicted octanol–water partition coefficient (Wildman–Crippen LogP) is 1.18. The van der Waals surface area contributed by atoms with E-state index in [1.54, 1.807) is 5.43 Å². The molecule has 0 aliphatic carbocycles. The molecular weight excluding hydrogens is 238 g/mol. The maximum atomic E-state index is 12.5. The zero-order valence-electron chi connectivity index (χ0n) is 7.38. The van der Waals surface area contributed by atoms with Crippen LogP contribution in [0.25, 0.3) is 0 Å². The van der Waals surface area contributed by atoms with E-state index in [2.05, 4.69) is 5.84 Å². The van der Waals surface area contributed by atoms with Crippen molar-refractivity contribution < 1.29 is 27.9 Å². The Labute approximate surface area is 85.4 Å². The molecule has 1 aromatic carbocycles. The number of hydrogen-bond acceptors (Lipinski definition) is 4. The highest BCUT2D eigenvalue weighted by Crippen LogP contribution is 2.22. The quantitative estimate of drug-likeness (QED) is 0.172. The monoisotopic (exact) mass is 243 g/mol. The minimum atomic E-state index is -1.76. The van der Waals surface area contributed by atoms with Gasteiger partial charge < -0.3 is 10.6 Å². The molecule has 4 N–H and O–H groups in total. The van der Waals surface area contributed by atoms with E-state index >= 15 is 0 Å². The van der Waals surface area contributed by atoms with Crippen molar-refractivity contribution in [2.24, 2.45) is 5.84 Å². The maximum Gasteiger partial charge on any atom is 0.291 e. The van der Waals surface area contributed by atoms with E-state index in [9.17, 15) is 17.6 Å². The molecule has 0 spiro atoms. The van der Waals surface area contributed by atoms with E-state index in [4.69, 9.17) is 15.3 Å². The van der Waals surface area contributed by atoms with E-state index in [1.807, 2.05) is 0 Å². The average Bonchev–Trinajstić information content (AvgIpc) is 2.14. The van der Waals surface area contributed by atoms with Gasteiger partial charge in [-0.3, -0.25) is 5.84 Å². The molecule has 90 valence electrons. The number of hydrazine groups is 1. The van der Waals surface area contributed by atoms with Crippen LogP contribution in [-0.4, -0.2) is 10.3 Å². The Bertz CT molecular complexity index is 397. The number of nitrogen functional groups attached to an aromatic ring is 1. The first kappa shape index (κ1) is 13.9. The van der Waals surface area contributed by atoms with Crippen LogP contribution in [0.5, 0.6) is 0 Å². The molecule has 1 rings (SSSR count). The van der Waals surface area contributed by atoms with Gasteiger partial charge in [0, 0.05) is 6.07 Å². The molecule has 0 bridgehead atoms. The summed E-state index contributed by atoms with van der Waals surface area (Å²) in [5.41, 5.74) is 0.680. The fourth-order valence-corrected chi connectivity index (χ4v) is 0.699. The Hall–Kier alpha value is -2.10. The molecule has 0 atom stereocenters. The van der Waals surface area contributed by atoms with Gasteiger partial charge in [0.1, 0.15) is 5.69 Å². The standard InChI is InChI=1S/C6H4F4N2.HNO3/c7-2-1-3(8)6(12-11)5(10)4(2)9;2-1(3)4/h1,12H,11H2;(H,2,3,4). The summed E-state index contributed by atoms with van der Waals surface area (Å²) < 4.78 is 49.6. The van der Waals surface area contributed by atoms with Gasteiger partial charge in [0.2, 0.25) is 0 Å². The third-order valence-electron chi connectivity index (χ3n) is 1.26. The molecule has 1 aromatic rings. The van der Waals surface area contributed by atoms with Crippen molar-refractivity contribution in [3.05, 3.63) is 39.4 Å². The summed E-state index contributed by atoms with van der Waals surface area (Å²) in [6.45, 7) is 0. The van der Waals surface area contributed by atoms with Gasteiger partial charge in [-0.25, -0.2) is 17.6 Å². The number of nitrogens with one attached hydrogen (secondary N) is 1. The topological polar surface area (TPSA) is 101 Å². The summed E-state index contributed by atoms with van der Waals surface area (Å²) in [5.74, 6) is -1.66. The summed E-state index contributed by atoms with van der Waals surface area (Å²) in [6.07, 6.45) is 0. The zero-order valence-corrected chi connectivity index (χ0v) is 7.38. The van der Waals surface area contributed by atoms with Gasteiger partial charge in [-0.05, 0) is 0 Å². The maximum absolute atomic E-state index is 12.5. The van der Waals surface area contributed by atoms with E-state index in [0.717, 1.165) is 0 Å². The lowest BCUT2D eigenvalue weighted by molar-refractivity contribution is -0.742. The van der Waals surface area contributed by atoms with Gasteiger partial charge >= 0.3 is 0 Å². The molecule has 0 amide bonds. The van der Waals surface area contributed by atoms with Crippen molar-refractivity contribution in [1.82, 2.24) is 0 Å². The summed E-state index contributed by atoms with van der Waals surface area (Å²) in [5, 5.41) is 13.6. The SMILES string of the molecule is NNc1c(F)cc(F)c(F)c1F.O=[N+]([O-])O. The normalized spacial score (nSPS) is 9.06. The Morgan fingerprint density at radius 2 is 1.69 bits per heavy atom. The third kappa shape index (κ3) is 3.57. The molecule has 0 unspecified atom stereocenters. The van der Waals surface area contributed by atoms with Crippen molar-refractivity contribution in [3.63, 3.8) is 0 Å². The van der Waals surface area contributed by atoms with Gasteiger partial charge in [-0.2, -0.15) is 0 Å². The Morgan fingerprint density at radius 1 is 1.25 bits per heavy atom. The molecule has 0 heterocycles. The minimum Gasteiger partial charge on any atom is -0.328 e. The Kier molecular flexibility index (Phi) is 4.95. The number of rotatable bonds is 1. The fraction of sp³-hybridized carbons (Fsp3) is 0. The molecule has 0 aliphatic heterocycles. The average molecular weight is 243 g/mol. The minimum absolute atomic E-state index is 0.202. The second-order valence-corrected chi connectivity index (χ2v) is 2.23. The number of nitrogens with zero attached hydrogens (tertiary/aromatic N) is 1. The highest BCUT2D eigenvalue weighted by atomic mass is 19.2. The van der Waals surface area contributed by atoms with Crippen LogP contribution >= 0.6 is 0 Å². The summed E-state index contributed by atoms with van der Waals surface area (Å²) in [6, 6.07) is 0.202. The van der Waals surface area contributed by atoms with Crippen LogP contribution in [0.1, 0.15) is 0 Å². The Balaban J connectivity index is 0.000000487. The second kappa shape index (κ2) is 5.70. The lowest BCUT2D eigenvalue weighted by Gasteiger charge is -2.04. The second-order valence-electron chi connectivity index (χ2n) is 2.23. The lowest BCUT2D eigenvalue weighted by Crippen LogP contribution is -2.12. The smallest absolute Gasteiger partial charge is 0.291 e. The first-order valence-electron chi connectivity index (χ1n) is 3.44. The van der Waals surface area contributed by atoms with Crippen molar-refractivity contribution in [2.45, 2.75) is 0 Å². The van der Waals surface area contributed by atoms with E-state index < -0.39 is 34.0 Å². The highest BCUT2D eigenvalue weighted by molar-refractivity contribution is 5.45. The van der Waals surface area contributed by atoms with Crippen molar-refractivity contribution >= 4 is 5.69 Å². The molecular formula is C6H5F4N3O3. The Morgan fingerprint density at radius 3 is 2.06 bits per heavy atom. The molecule has 16 heavy (non-hydrogen) atoms. The summed E-state index contributed by atoms with van der Waals surface area (Å²) in [7, 11) is 0. The van der Waals surface area contributed by atoms with E-state index in [1.165, 1.54) is 0 Å². The van der Waals surface area contributed by atoms with Crippen molar-refractivity contribution in [1.29, 1.82) is 0 Å². The number of hydrogen-bond donors (Lipinski definition) is 3. The largest absolute Gasteiger partial charge is 0.328 e. The predicted molar refractivity (Wildman–Crippen MR) is 42.9 cm³/mol. The molecule has 0 aromatic heterocycles. The number of halogens is 4. The molecule has 10 heteroatoms. The van der Waals surface area contributed by atoms with Crippen LogP contribution in [0.15, 0.2) is 6.07 Å². The molecule has 0 radical (unpaired) electrons. The fourth-order valence-electron chi connectivity index (χ4n) is 0.699. The van der Waals surface area contributed by atoms with Gasteiger partial charge in [-0.15, -0.1) is 10.1 Å². The van der Waals surface area contributed by atoms with Crippen LogP contribution in [0, 0.1) is 33.4 Å². The van der Waals surface area contributed by atoms with Crippen molar-refractivity contribution in [3.8, 4) is 0 Å². The van der Waals surface area contributed by atoms with E-state index in [0.29, 0.717) is 0 Å². The van der Waals surface area contributed by atoms with Gasteiger partial charge in [0.25, 0.3) is 5.09 Å². The number of benzene rings is 1. The molecule has 0 fully saturated rings. The van der Waals surface area contributed by atoms with Gasteiger partial charge in [0.15, 0.2) is 23.3 Å². The van der Waals surface area contributed by atoms with Crippen LogP contribution in [-0.2, 0) is 0 Å². The first-order chi connectivity index (χ1) is 7.31. The molecule has 0 saturated heterocycles. The van der Waals surface area contributed by atoms with Crippen LogP contribution < -0.4 is 11.3 Å². The zero-order chi connectivity index (χ0) is 12.9. The van der Waals surface area contributed by atoms with Gasteiger partial charge in [-0.1, -0.05) is 0 Å².